The molecule has 0 saturated heterocycles. The summed E-state index contributed by atoms with van der Waals surface area (Å²) in [6.07, 6.45) is -9.13. The predicted molar refractivity (Wildman–Crippen MR) is 434 cm³/mol. The van der Waals surface area contributed by atoms with Gasteiger partial charge >= 0.3 is 12.4 Å². The highest BCUT2D eigenvalue weighted by molar-refractivity contribution is 9.11. The molecule has 30 heteroatoms. The molecule has 10 heterocycles. The van der Waals surface area contributed by atoms with E-state index in [1.807, 2.05) is 121 Å². The Morgan fingerprint density at radius 3 is 0.982 bits per heavy atom. The van der Waals surface area contributed by atoms with Crippen LogP contribution in [0.25, 0.3) is 142 Å². The molecule has 12 aromatic carbocycles. The normalized spacial score (nSPS) is 13.6. The van der Waals surface area contributed by atoms with Gasteiger partial charge in [0.25, 0.3) is 45.9 Å². The number of aromatic nitrogens is 8. The van der Waals surface area contributed by atoms with Crippen molar-refractivity contribution in [2.75, 3.05) is 0 Å². The summed E-state index contributed by atoms with van der Waals surface area (Å²) in [4.78, 5) is 131. The van der Waals surface area contributed by atoms with Gasteiger partial charge in [-0.15, -0.1) is 0 Å². The number of carbonyl (C=O) groups is 4. The Kier molecular flexibility index (Phi) is 15.4. The average molecular weight is 1880 g/mol. The number of pyridine rings is 4. The van der Waals surface area contributed by atoms with E-state index in [4.69, 9.17) is 19.9 Å². The number of para-hydroxylation sites is 8. The largest absolute Gasteiger partial charge is 0.416 e. The molecule has 0 N–H and O–H groups in total. The highest BCUT2D eigenvalue weighted by Gasteiger charge is 2.43. The highest BCUT2D eigenvalue weighted by atomic mass is 79.9. The number of benzene rings is 12. The molecule has 0 bridgehead atoms. The Morgan fingerprint density at radius 1 is 0.286 bits per heavy atom. The maximum absolute atomic E-state index is 13.9. The van der Waals surface area contributed by atoms with Crippen molar-refractivity contribution >= 4 is 261 Å². The number of rotatable bonds is 4. The number of fused-ring (bicyclic) bond motifs is 16. The number of alkyl halides is 6. The Labute approximate surface area is 668 Å². The molecule has 0 spiro atoms. The Balaban J connectivity index is 0.000000111. The molecule has 0 fully saturated rings. The number of hydrogen-bond acceptors (Lipinski definition) is 12. The summed E-state index contributed by atoms with van der Waals surface area (Å²) >= 11 is 21.3. The van der Waals surface area contributed by atoms with Crippen molar-refractivity contribution in [1.29, 1.82) is 0 Å². The van der Waals surface area contributed by atoms with Crippen molar-refractivity contribution in [3.05, 3.63) is 295 Å². The second-order valence-electron chi connectivity index (χ2n) is 27.0. The summed E-state index contributed by atoms with van der Waals surface area (Å²) < 4.78 is 87.6. The van der Waals surface area contributed by atoms with Crippen molar-refractivity contribution in [3.8, 4) is 0 Å². The number of hydrogen-bond donors (Lipinski definition) is 0. The fourth-order valence-electron chi connectivity index (χ4n) is 16.1. The van der Waals surface area contributed by atoms with E-state index in [0.717, 1.165) is 140 Å². The number of carbonyl (C=O) groups excluding carboxylic acids is 4. The smallest absolute Gasteiger partial charge is 0.270 e. The zero-order valence-electron chi connectivity index (χ0n) is 56.0. The van der Waals surface area contributed by atoms with Gasteiger partial charge in [0.1, 0.15) is 22.6 Å². The zero-order chi connectivity index (χ0) is 77.6. The lowest BCUT2D eigenvalue weighted by Crippen LogP contribution is -2.43. The molecule has 2 aliphatic rings. The van der Waals surface area contributed by atoms with Gasteiger partial charge < -0.3 is 0 Å². The molecule has 112 heavy (non-hydrogen) atoms. The molecule has 20 aromatic rings. The lowest BCUT2D eigenvalue weighted by Gasteiger charge is -2.33. The average Bonchev–Trinajstić information content (AvgIpc) is 1.38. The van der Waals surface area contributed by atoms with Gasteiger partial charge in [-0.2, -0.15) is 26.3 Å². The van der Waals surface area contributed by atoms with Gasteiger partial charge in [0.2, 0.25) is 0 Å². The molecule has 0 atom stereocenters. The minimum absolute atomic E-state index is 0.0114. The molecular weight excluding hydrogens is 1850 g/mol. The van der Waals surface area contributed by atoms with Crippen LogP contribution in [0.2, 0.25) is 0 Å². The Bertz CT molecular complexity index is 7800. The van der Waals surface area contributed by atoms with Crippen molar-refractivity contribution in [3.63, 3.8) is 0 Å². The summed E-state index contributed by atoms with van der Waals surface area (Å²) in [6.45, 7) is -0.688. The third-order valence-electron chi connectivity index (χ3n) is 20.9. The predicted octanol–water partition coefficient (Wildman–Crippen LogP) is 19.7. The topological polar surface area (TPSA) is 212 Å². The molecule has 0 saturated carbocycles. The molecule has 544 valence electrons. The summed E-state index contributed by atoms with van der Waals surface area (Å²) in [5, 5.41) is 8.31. The van der Waals surface area contributed by atoms with Crippen LogP contribution in [0.15, 0.2) is 228 Å². The quantitative estimate of drug-likeness (QED) is 0.0914. The van der Waals surface area contributed by atoms with Crippen LogP contribution in [-0.2, 0) is 25.4 Å². The van der Waals surface area contributed by atoms with Gasteiger partial charge in [-0.3, -0.25) is 65.8 Å². The Morgan fingerprint density at radius 2 is 0.598 bits per heavy atom. The first kappa shape index (κ1) is 69.9. The van der Waals surface area contributed by atoms with Gasteiger partial charge in [-0.1, -0.05) is 72.8 Å². The lowest BCUT2D eigenvalue weighted by molar-refractivity contribution is -0.138. The Hall–Kier alpha value is -11.3. The van der Waals surface area contributed by atoms with Crippen molar-refractivity contribution in [1.82, 2.24) is 47.3 Å². The van der Waals surface area contributed by atoms with Crippen LogP contribution in [0.5, 0.6) is 0 Å². The van der Waals surface area contributed by atoms with E-state index in [9.17, 15) is 64.7 Å². The second kappa shape index (κ2) is 24.6. The highest BCUT2D eigenvalue weighted by Crippen LogP contribution is 2.48. The molecule has 18 nitrogen and oxygen atoms in total. The summed E-state index contributed by atoms with van der Waals surface area (Å²) in [5.74, 6) is -3.15. The van der Waals surface area contributed by atoms with Crippen molar-refractivity contribution in [2.24, 2.45) is 0 Å². The van der Waals surface area contributed by atoms with Gasteiger partial charge in [0.15, 0.2) is 0 Å². The van der Waals surface area contributed by atoms with Crippen LogP contribution in [0.3, 0.4) is 0 Å². The number of amides is 4. The van der Waals surface area contributed by atoms with Crippen LogP contribution in [0.1, 0.15) is 63.7 Å². The molecule has 4 amide bonds. The van der Waals surface area contributed by atoms with Gasteiger partial charge in [-0.25, -0.2) is 19.9 Å². The van der Waals surface area contributed by atoms with E-state index in [1.165, 1.54) is 12.1 Å². The number of imide groups is 2. The molecule has 0 unspecified atom stereocenters. The molecular formula is C82H34Br6F6N10O8. The lowest BCUT2D eigenvalue weighted by atomic mass is 9.85. The molecule has 2 aliphatic heterocycles. The van der Waals surface area contributed by atoms with Crippen LogP contribution in [0.4, 0.5) is 26.3 Å². The molecule has 0 aliphatic carbocycles. The van der Waals surface area contributed by atoms with E-state index in [2.05, 4.69) is 95.6 Å². The standard InChI is InChI=1S/C30H14Br2F6N2O4.2C26H10Br2N4O2/c31-19-9-17-21-18(26(42)39(25(17)41)11-13-1-5-15(6-2-13)29(33,34)35)10-20(32)23-24(21)22(19)27(43)40(28(23)44)12-14-3-7-16(8-4-14)30(36,37)38;27-13-10-12-19-11(23-29-15-5-1-3-7-17(15)31(23)25(12)33)9-14(28)21-22(19)20(13)24-30-16-6-2-4-8-18(16)32(24)26(21)34;27-13-9-11-19-20-12(24-30-16-6-2-4-8-18(16)32(24)26(34)22(13)20)10-14(28)21(19)25(33)31-17-7-3-1-5-15(17)29-23(11)31/h1-10H,11-12H2;2*1-10H. The summed E-state index contributed by atoms with van der Waals surface area (Å²) in [6, 6.07) is 48.6. The third-order valence-corrected chi connectivity index (χ3v) is 24.7. The minimum Gasteiger partial charge on any atom is -0.270 e. The summed E-state index contributed by atoms with van der Waals surface area (Å²) in [7, 11) is 0. The first-order valence-corrected chi connectivity index (χ1v) is 38.5. The molecule has 0 radical (unpaired) electrons. The van der Waals surface area contributed by atoms with Gasteiger partial charge in [0.05, 0.1) is 101 Å². The minimum atomic E-state index is -4.57. The third kappa shape index (κ3) is 9.89. The maximum Gasteiger partial charge on any atom is 0.416 e. The fourth-order valence-corrected chi connectivity index (χ4v) is 19.7. The zero-order valence-corrected chi connectivity index (χ0v) is 65.5. The van der Waals surface area contributed by atoms with Crippen LogP contribution >= 0.6 is 95.6 Å². The van der Waals surface area contributed by atoms with E-state index in [0.29, 0.717) is 67.4 Å². The maximum atomic E-state index is 13.9. The van der Waals surface area contributed by atoms with Crippen molar-refractivity contribution in [2.45, 2.75) is 25.4 Å². The van der Waals surface area contributed by atoms with Gasteiger partial charge in [0, 0.05) is 91.8 Å². The second-order valence-corrected chi connectivity index (χ2v) is 32.1. The summed E-state index contributed by atoms with van der Waals surface area (Å²) in [5.41, 5.74) is 6.24. The van der Waals surface area contributed by atoms with Gasteiger partial charge in [-0.05, 0) is 216 Å². The van der Waals surface area contributed by atoms with E-state index in [-0.39, 0.29) is 88.4 Å². The van der Waals surface area contributed by atoms with Crippen LogP contribution in [-0.4, -0.2) is 71.0 Å². The van der Waals surface area contributed by atoms with Crippen molar-refractivity contribution < 1.29 is 45.5 Å². The van der Waals surface area contributed by atoms with E-state index < -0.39 is 47.1 Å². The first-order chi connectivity index (χ1) is 53.7. The fraction of sp³-hybridized carbons (Fsp3) is 0.0488. The monoisotopic (exact) mass is 1870 g/mol. The van der Waals surface area contributed by atoms with Crippen LogP contribution in [0, 0.1) is 0 Å². The molecule has 8 aromatic heterocycles. The number of halogens is 12. The van der Waals surface area contributed by atoms with E-state index in [1.54, 1.807) is 17.6 Å². The van der Waals surface area contributed by atoms with E-state index >= 15 is 0 Å². The SMILES string of the molecule is O=C1c2cc(Br)c3c4c(c(Br)cc(c24)C(=O)N1Cc1ccc(C(F)(F)F)cc1)C(=O)N(Cc1ccc(C(F)(F)F)cc1)C3=O.O=c1c2c(Br)cc3c4c(c(Br)cc(c24)c2nc4ccccc4n12)c(=O)n1c2ccccc2nc31.O=c1c2cc(Br)c3c4c(c(Br)cc(c24)c2nc4ccccc4n12)c(=O)n1c2ccccc2nc31. The molecule has 22 rings (SSSR count). The van der Waals surface area contributed by atoms with Crippen LogP contribution < -0.4 is 22.2 Å². The number of nitrogens with zero attached hydrogens (tertiary/aromatic N) is 10. The number of imidazole rings is 4. The first-order valence-electron chi connectivity index (χ1n) is 33.8.